The molecule has 1 aromatic rings. The first-order valence-electron chi connectivity index (χ1n) is 17.4. The van der Waals surface area contributed by atoms with E-state index < -0.39 is 0 Å². The number of fused-ring (bicyclic) bond motifs is 1. The van der Waals surface area contributed by atoms with Gasteiger partial charge in [-0.25, -0.2) is 4.99 Å². The van der Waals surface area contributed by atoms with Crippen LogP contribution in [0.25, 0.3) is 0 Å². The van der Waals surface area contributed by atoms with Crippen molar-refractivity contribution >= 4 is 28.8 Å². The molecule has 1 saturated heterocycles. The van der Waals surface area contributed by atoms with Gasteiger partial charge in [-0.2, -0.15) is 0 Å². The summed E-state index contributed by atoms with van der Waals surface area (Å²) in [4.78, 5) is 39.1. The van der Waals surface area contributed by atoms with Crippen LogP contribution in [-0.4, -0.2) is 72.2 Å². The Hall–Kier alpha value is -3.32. The first kappa shape index (κ1) is 34.6. The van der Waals surface area contributed by atoms with Gasteiger partial charge in [0.1, 0.15) is 5.70 Å². The van der Waals surface area contributed by atoms with Gasteiger partial charge in [0.05, 0.1) is 5.71 Å². The summed E-state index contributed by atoms with van der Waals surface area (Å²) in [5, 5.41) is 8.85. The zero-order valence-electron chi connectivity index (χ0n) is 28.5. The summed E-state index contributed by atoms with van der Waals surface area (Å²) < 4.78 is 0. The zero-order valence-corrected chi connectivity index (χ0v) is 28.5. The number of hydrogen-bond acceptors (Lipinski definition) is 6. The van der Waals surface area contributed by atoms with Crippen molar-refractivity contribution in [3.63, 3.8) is 0 Å². The number of anilines is 1. The summed E-state index contributed by atoms with van der Waals surface area (Å²) in [6.45, 7) is 15.6. The lowest BCUT2D eigenvalue weighted by atomic mass is 9.93. The molecule has 2 heterocycles. The number of aliphatic imine (C=N–C) groups is 1. The number of aryl methyl sites for hydroxylation is 1. The Kier molecular flexibility index (Phi) is 12.9. The van der Waals surface area contributed by atoms with Crippen molar-refractivity contribution in [3.05, 3.63) is 64.0 Å². The average molecular weight is 614 g/mol. The minimum absolute atomic E-state index is 0.103. The number of unbranched alkanes of at least 4 members (excludes halogenated alkanes) is 1. The van der Waals surface area contributed by atoms with Crippen LogP contribution >= 0.6 is 0 Å². The molecular formula is C38H55N5O2. The van der Waals surface area contributed by atoms with E-state index in [1.54, 1.807) is 0 Å². The second-order valence-electron chi connectivity index (χ2n) is 13.0. The highest BCUT2D eigenvalue weighted by atomic mass is 16.2. The first-order valence-corrected chi connectivity index (χ1v) is 17.4. The standard InChI is InChI=1S/C38H55N5O2/c1-6-8-16-36(44)38-29(4)12-11-13-31-27-34(40-38)30(5)35(15-10-9-14-33(31)39)43(37(45)7-2)26-23-41-21-24-42(25-22-41)32-19-17-28(3)18-20-32/h17-20,27,39H,6-16,21-26H2,1-5H3/b31-27+,35-30?,38-29-,39-33?,40-34-. The van der Waals surface area contributed by atoms with Crippen LogP contribution in [0.5, 0.6) is 0 Å². The summed E-state index contributed by atoms with van der Waals surface area (Å²) in [7, 11) is 0. The molecule has 0 aromatic heterocycles. The Morgan fingerprint density at radius 3 is 2.31 bits per heavy atom. The van der Waals surface area contributed by atoms with Crippen LogP contribution in [-0.2, 0) is 9.59 Å². The van der Waals surface area contributed by atoms with Gasteiger partial charge in [-0.15, -0.1) is 0 Å². The molecule has 45 heavy (non-hydrogen) atoms. The van der Waals surface area contributed by atoms with Crippen LogP contribution in [0.3, 0.4) is 0 Å². The largest absolute Gasteiger partial charge is 0.369 e. The van der Waals surface area contributed by atoms with E-state index >= 15 is 0 Å². The Morgan fingerprint density at radius 2 is 1.62 bits per heavy atom. The fourth-order valence-corrected chi connectivity index (χ4v) is 6.59. The molecule has 1 amide bonds. The molecule has 4 rings (SSSR count). The molecule has 1 aliphatic carbocycles. The predicted octanol–water partition coefficient (Wildman–Crippen LogP) is 7.81. The molecule has 0 unspecified atom stereocenters. The molecule has 244 valence electrons. The molecule has 0 spiro atoms. The third kappa shape index (κ3) is 9.35. The van der Waals surface area contributed by atoms with Gasteiger partial charge >= 0.3 is 0 Å². The summed E-state index contributed by atoms with van der Waals surface area (Å²) in [5.74, 6) is 0.234. The van der Waals surface area contributed by atoms with Gasteiger partial charge in [-0.05, 0) is 107 Å². The second-order valence-corrected chi connectivity index (χ2v) is 13.0. The van der Waals surface area contributed by atoms with Crippen LogP contribution in [0, 0.1) is 12.3 Å². The summed E-state index contributed by atoms with van der Waals surface area (Å²) in [6.07, 6.45) is 10.7. The number of nitrogens with zero attached hydrogens (tertiary/aromatic N) is 4. The van der Waals surface area contributed by atoms with E-state index in [0.717, 1.165) is 119 Å². The van der Waals surface area contributed by atoms with Crippen molar-refractivity contribution in [1.29, 1.82) is 5.41 Å². The quantitative estimate of drug-likeness (QED) is 0.292. The van der Waals surface area contributed by atoms with Crippen molar-refractivity contribution in [2.45, 2.75) is 105 Å². The lowest BCUT2D eigenvalue weighted by Gasteiger charge is -2.37. The molecule has 0 saturated carbocycles. The molecule has 0 atom stereocenters. The second kappa shape index (κ2) is 16.8. The number of allylic oxidation sites excluding steroid dienone is 6. The molecule has 2 bridgehead atoms. The van der Waals surface area contributed by atoms with Crippen LogP contribution < -0.4 is 4.90 Å². The van der Waals surface area contributed by atoms with Crippen LogP contribution in [0.4, 0.5) is 5.69 Å². The fourth-order valence-electron chi connectivity index (χ4n) is 6.59. The smallest absolute Gasteiger partial charge is 0.226 e. The molecule has 1 aromatic carbocycles. The number of rotatable bonds is 10. The monoisotopic (exact) mass is 613 g/mol. The molecule has 0 radical (unpaired) electrons. The molecule has 7 nitrogen and oxygen atoms in total. The molecule has 1 N–H and O–H groups in total. The Balaban J connectivity index is 1.63. The van der Waals surface area contributed by atoms with Crippen molar-refractivity contribution in [2.24, 2.45) is 4.99 Å². The van der Waals surface area contributed by atoms with E-state index in [1.807, 2.05) is 18.7 Å². The van der Waals surface area contributed by atoms with E-state index in [1.165, 1.54) is 11.3 Å². The van der Waals surface area contributed by atoms with Crippen molar-refractivity contribution < 1.29 is 9.59 Å². The number of nitrogens with one attached hydrogen (secondary N) is 1. The maximum atomic E-state index is 13.6. The highest BCUT2D eigenvalue weighted by Crippen LogP contribution is 2.29. The van der Waals surface area contributed by atoms with Gasteiger partial charge < -0.3 is 15.2 Å². The maximum Gasteiger partial charge on any atom is 0.226 e. The maximum absolute atomic E-state index is 13.6. The van der Waals surface area contributed by atoms with Crippen molar-refractivity contribution in [2.75, 3.05) is 44.2 Å². The van der Waals surface area contributed by atoms with Crippen LogP contribution in [0.2, 0.25) is 0 Å². The number of carbonyl (C=O) groups is 2. The number of benzene rings is 1. The lowest BCUT2D eigenvalue weighted by Crippen LogP contribution is -2.49. The topological polar surface area (TPSA) is 80.1 Å². The SMILES string of the molecule is CCCCC(=O)C1=C(/C)CCC\C2=C/C(=N/1)C(C)=C(N(CCN1CCN(c3ccc(C)cc3)CC1)C(=O)CC)CCCCC2=N. The highest BCUT2D eigenvalue weighted by molar-refractivity contribution is 6.15. The van der Waals surface area contributed by atoms with Gasteiger partial charge in [0.25, 0.3) is 0 Å². The molecule has 7 heteroatoms. The Labute approximate surface area is 271 Å². The summed E-state index contributed by atoms with van der Waals surface area (Å²) in [5.41, 5.74) is 8.60. The zero-order chi connectivity index (χ0) is 32.3. The van der Waals surface area contributed by atoms with E-state index in [4.69, 9.17) is 10.4 Å². The minimum atomic E-state index is 0.103. The normalized spacial score (nSPS) is 22.9. The van der Waals surface area contributed by atoms with E-state index in [-0.39, 0.29) is 11.7 Å². The van der Waals surface area contributed by atoms with Crippen LogP contribution in [0.15, 0.2) is 63.4 Å². The number of piperazine rings is 1. The fraction of sp³-hybridized carbons (Fsp3) is 0.579. The minimum Gasteiger partial charge on any atom is -0.369 e. The number of carbonyl (C=O) groups excluding carboxylic acids is 2. The molecule has 2 aliphatic heterocycles. The summed E-state index contributed by atoms with van der Waals surface area (Å²) in [6, 6.07) is 8.77. The summed E-state index contributed by atoms with van der Waals surface area (Å²) >= 11 is 0. The average Bonchev–Trinajstić information content (AvgIpc) is 3.13. The third-order valence-corrected chi connectivity index (χ3v) is 9.60. The van der Waals surface area contributed by atoms with Gasteiger partial charge in [-0.3, -0.25) is 14.5 Å². The Morgan fingerprint density at radius 1 is 0.911 bits per heavy atom. The third-order valence-electron chi connectivity index (χ3n) is 9.60. The van der Waals surface area contributed by atoms with E-state index in [9.17, 15) is 9.59 Å². The van der Waals surface area contributed by atoms with Gasteiger partial charge in [-0.1, -0.05) is 38.0 Å². The van der Waals surface area contributed by atoms with Gasteiger partial charge in [0.15, 0.2) is 5.78 Å². The van der Waals surface area contributed by atoms with Gasteiger partial charge in [0, 0.05) is 69.2 Å². The molecular weight excluding hydrogens is 558 g/mol. The highest BCUT2D eigenvalue weighted by Gasteiger charge is 2.25. The van der Waals surface area contributed by atoms with Crippen LogP contribution in [0.1, 0.15) is 104 Å². The number of hydrogen-bond donors (Lipinski definition) is 1. The number of amides is 1. The molecule has 1 fully saturated rings. The van der Waals surface area contributed by atoms with E-state index in [2.05, 4.69) is 60.9 Å². The number of Topliss-reactive ketones (excluding diaryl/α,β-unsaturated/α-hetero) is 1. The Bertz CT molecular complexity index is 1340. The number of ketones is 1. The van der Waals surface area contributed by atoms with E-state index in [0.29, 0.717) is 30.8 Å². The lowest BCUT2D eigenvalue weighted by molar-refractivity contribution is -0.129. The first-order chi connectivity index (χ1) is 21.7. The molecule has 3 aliphatic rings. The predicted molar refractivity (Wildman–Crippen MR) is 187 cm³/mol. The van der Waals surface area contributed by atoms with Crippen molar-refractivity contribution in [3.8, 4) is 0 Å². The van der Waals surface area contributed by atoms with Crippen molar-refractivity contribution in [1.82, 2.24) is 9.80 Å². The van der Waals surface area contributed by atoms with Gasteiger partial charge in [0.2, 0.25) is 5.91 Å².